The summed E-state index contributed by atoms with van der Waals surface area (Å²) in [7, 11) is 0.0989. The zero-order valence-corrected chi connectivity index (χ0v) is 12.9. The molecule has 1 rings (SSSR count). The van der Waals surface area contributed by atoms with Gasteiger partial charge in [0.1, 0.15) is 0 Å². The summed E-state index contributed by atoms with van der Waals surface area (Å²) < 4.78 is 25.7. The Labute approximate surface area is 113 Å². The molecule has 0 aromatic carbocycles. The van der Waals surface area contributed by atoms with Crippen LogP contribution in [0.2, 0.25) is 0 Å². The molecule has 0 radical (unpaired) electrons. The molecule has 7 heteroatoms. The summed E-state index contributed by atoms with van der Waals surface area (Å²) in [6, 6.07) is 1.74. The fourth-order valence-electron chi connectivity index (χ4n) is 1.42. The van der Waals surface area contributed by atoms with Crippen LogP contribution in [-0.4, -0.2) is 39.9 Å². The van der Waals surface area contributed by atoms with Crippen molar-refractivity contribution in [3.05, 3.63) is 15.8 Å². The van der Waals surface area contributed by atoms with E-state index in [1.54, 1.807) is 20.2 Å². The second-order valence-electron chi connectivity index (χ2n) is 3.71. The van der Waals surface area contributed by atoms with E-state index >= 15 is 0 Å². The number of sulfonamides is 1. The Morgan fingerprint density at radius 3 is 2.41 bits per heavy atom. The lowest BCUT2D eigenvalue weighted by Crippen LogP contribution is -2.32. The Morgan fingerprint density at radius 2 is 2.00 bits per heavy atom. The Hall–Kier alpha value is -0.140. The molecule has 1 heterocycles. The zero-order chi connectivity index (χ0) is 12.3. The normalized spacial score (nSPS) is 11.6. The van der Waals surface area contributed by atoms with Gasteiger partial charge in [0, 0.05) is 29.9 Å². The number of halogens is 1. The van der Waals surface area contributed by atoms with E-state index < -0.39 is 10.0 Å². The molecule has 1 N–H and O–H groups in total. The van der Waals surface area contributed by atoms with Crippen molar-refractivity contribution in [3.63, 3.8) is 0 Å². The van der Waals surface area contributed by atoms with E-state index in [0.717, 1.165) is 9.75 Å². The van der Waals surface area contributed by atoms with Crippen molar-refractivity contribution >= 4 is 33.8 Å². The van der Waals surface area contributed by atoms with Gasteiger partial charge in [-0.3, -0.25) is 0 Å². The minimum atomic E-state index is -3.32. The number of hydrogen-bond acceptors (Lipinski definition) is 4. The Kier molecular flexibility index (Phi) is 6.65. The maximum absolute atomic E-state index is 12.2. The maximum Gasteiger partial charge on any atom is 0.243 e. The van der Waals surface area contributed by atoms with Gasteiger partial charge < -0.3 is 5.32 Å². The van der Waals surface area contributed by atoms with Crippen LogP contribution in [0.5, 0.6) is 0 Å². The van der Waals surface area contributed by atoms with Crippen LogP contribution in [0, 0.1) is 13.8 Å². The van der Waals surface area contributed by atoms with Crippen molar-refractivity contribution in [2.24, 2.45) is 0 Å². The van der Waals surface area contributed by atoms with Gasteiger partial charge in [-0.25, -0.2) is 8.42 Å². The molecular weight excluding hydrogens is 280 g/mol. The summed E-state index contributed by atoms with van der Waals surface area (Å²) in [5, 5.41) is 2.94. The van der Waals surface area contributed by atoms with Crippen LogP contribution in [0.15, 0.2) is 11.0 Å². The summed E-state index contributed by atoms with van der Waals surface area (Å²) >= 11 is 1.52. The molecule has 1 aromatic heterocycles. The molecule has 0 aliphatic heterocycles. The van der Waals surface area contributed by atoms with Gasteiger partial charge in [0.05, 0.1) is 4.90 Å². The van der Waals surface area contributed by atoms with Crippen LogP contribution < -0.4 is 5.32 Å². The summed E-state index contributed by atoms with van der Waals surface area (Å²) in [4.78, 5) is 2.32. The summed E-state index contributed by atoms with van der Waals surface area (Å²) in [6.07, 6.45) is 0. The first kappa shape index (κ1) is 16.9. The van der Waals surface area contributed by atoms with Crippen molar-refractivity contribution in [2.45, 2.75) is 18.7 Å². The van der Waals surface area contributed by atoms with Crippen molar-refractivity contribution in [3.8, 4) is 0 Å². The van der Waals surface area contributed by atoms with E-state index in [0.29, 0.717) is 18.0 Å². The van der Waals surface area contributed by atoms with E-state index in [4.69, 9.17) is 0 Å². The number of nitrogens with zero attached hydrogens (tertiary/aromatic N) is 1. The highest BCUT2D eigenvalue weighted by molar-refractivity contribution is 7.89. The molecule has 0 unspecified atom stereocenters. The van der Waals surface area contributed by atoms with Gasteiger partial charge in [-0.1, -0.05) is 0 Å². The first-order valence-corrected chi connectivity index (χ1v) is 7.33. The maximum atomic E-state index is 12.2. The Balaban J connectivity index is 0.00000256. The monoisotopic (exact) mass is 298 g/mol. The number of likely N-dealkylation sites (N-methyl/N-ethyl adjacent to an activating group) is 2. The fourth-order valence-corrected chi connectivity index (χ4v) is 4.11. The number of aryl methyl sites for hydroxylation is 2. The minimum absolute atomic E-state index is 0. The van der Waals surface area contributed by atoms with Gasteiger partial charge in [0.25, 0.3) is 0 Å². The molecule has 0 atom stereocenters. The second kappa shape index (κ2) is 6.70. The average molecular weight is 299 g/mol. The SMILES string of the molecule is CNCCN(C)S(=O)(=O)c1cc(C)sc1C.Cl. The van der Waals surface area contributed by atoms with Crippen LogP contribution in [0.1, 0.15) is 9.75 Å². The molecule has 0 saturated carbocycles. The standard InChI is InChI=1S/C10H18N2O2S2.ClH/c1-8-7-10(9(2)15-8)16(13,14)12(4)6-5-11-3;/h7,11H,5-6H2,1-4H3;1H. The second-order valence-corrected chi connectivity index (χ2v) is 7.18. The van der Waals surface area contributed by atoms with Gasteiger partial charge in [0.2, 0.25) is 10.0 Å². The van der Waals surface area contributed by atoms with Crippen LogP contribution in [-0.2, 0) is 10.0 Å². The van der Waals surface area contributed by atoms with Gasteiger partial charge in [-0.15, -0.1) is 23.7 Å². The molecule has 0 fully saturated rings. The van der Waals surface area contributed by atoms with Gasteiger partial charge in [-0.2, -0.15) is 4.31 Å². The smallest absolute Gasteiger partial charge is 0.243 e. The lowest BCUT2D eigenvalue weighted by Gasteiger charge is -2.16. The third kappa shape index (κ3) is 3.93. The van der Waals surface area contributed by atoms with Crippen molar-refractivity contribution < 1.29 is 8.42 Å². The molecule has 4 nitrogen and oxygen atoms in total. The molecule has 0 spiro atoms. The highest BCUT2D eigenvalue weighted by Crippen LogP contribution is 2.26. The summed E-state index contributed by atoms with van der Waals surface area (Å²) in [5.41, 5.74) is 0. The first-order chi connectivity index (χ1) is 7.39. The van der Waals surface area contributed by atoms with Crippen LogP contribution in [0.3, 0.4) is 0 Å². The molecule has 0 aliphatic carbocycles. The van der Waals surface area contributed by atoms with E-state index in [-0.39, 0.29) is 12.4 Å². The first-order valence-electron chi connectivity index (χ1n) is 5.07. The fraction of sp³-hybridized carbons (Fsp3) is 0.600. The molecule has 1 aromatic rings. The van der Waals surface area contributed by atoms with Crippen LogP contribution in [0.4, 0.5) is 0 Å². The quantitative estimate of drug-likeness (QED) is 0.899. The van der Waals surface area contributed by atoms with E-state index in [1.165, 1.54) is 15.6 Å². The summed E-state index contributed by atoms with van der Waals surface area (Å²) in [5.74, 6) is 0. The number of rotatable bonds is 5. The molecule has 0 bridgehead atoms. The van der Waals surface area contributed by atoms with Crippen molar-refractivity contribution in [2.75, 3.05) is 27.2 Å². The molecule has 100 valence electrons. The van der Waals surface area contributed by atoms with Crippen molar-refractivity contribution in [1.29, 1.82) is 0 Å². The average Bonchev–Trinajstić information content (AvgIpc) is 2.54. The molecule has 0 saturated heterocycles. The molecular formula is C10H19ClN2O2S2. The molecule has 0 aliphatic rings. The van der Waals surface area contributed by atoms with Crippen LogP contribution >= 0.6 is 23.7 Å². The Bertz CT molecular complexity index is 457. The predicted molar refractivity (Wildman–Crippen MR) is 74.8 cm³/mol. The van der Waals surface area contributed by atoms with Gasteiger partial charge in [0.15, 0.2) is 0 Å². The highest BCUT2D eigenvalue weighted by atomic mass is 35.5. The molecule has 17 heavy (non-hydrogen) atoms. The van der Waals surface area contributed by atoms with Crippen LogP contribution in [0.25, 0.3) is 0 Å². The van der Waals surface area contributed by atoms with E-state index in [1.807, 2.05) is 13.8 Å². The number of hydrogen-bond donors (Lipinski definition) is 1. The van der Waals surface area contributed by atoms with Gasteiger partial charge in [-0.05, 0) is 27.0 Å². The minimum Gasteiger partial charge on any atom is -0.318 e. The third-order valence-electron chi connectivity index (χ3n) is 2.36. The topological polar surface area (TPSA) is 49.4 Å². The van der Waals surface area contributed by atoms with E-state index in [9.17, 15) is 8.42 Å². The van der Waals surface area contributed by atoms with Crippen molar-refractivity contribution in [1.82, 2.24) is 9.62 Å². The number of nitrogens with one attached hydrogen (secondary N) is 1. The molecule has 0 amide bonds. The lowest BCUT2D eigenvalue weighted by molar-refractivity contribution is 0.466. The zero-order valence-electron chi connectivity index (χ0n) is 10.5. The third-order valence-corrected chi connectivity index (χ3v) is 5.44. The predicted octanol–water partition coefficient (Wildman–Crippen LogP) is 1.63. The van der Waals surface area contributed by atoms with Gasteiger partial charge >= 0.3 is 0 Å². The lowest BCUT2D eigenvalue weighted by atomic mass is 10.4. The number of thiophene rings is 1. The largest absolute Gasteiger partial charge is 0.318 e. The summed E-state index contributed by atoms with van der Waals surface area (Å²) in [6.45, 7) is 4.89. The van der Waals surface area contributed by atoms with E-state index in [2.05, 4.69) is 5.32 Å². The Morgan fingerprint density at radius 1 is 1.41 bits per heavy atom. The highest BCUT2D eigenvalue weighted by Gasteiger charge is 2.23.